The smallest absolute Gasteiger partial charge is 0.164 e. The summed E-state index contributed by atoms with van der Waals surface area (Å²) in [6.45, 7) is 5.41. The van der Waals surface area contributed by atoms with E-state index in [1.807, 2.05) is 20.0 Å². The van der Waals surface area contributed by atoms with Crippen molar-refractivity contribution in [1.82, 2.24) is 30.0 Å². The summed E-state index contributed by atoms with van der Waals surface area (Å²) < 4.78 is 0. The maximum atomic E-state index is 4.59. The van der Waals surface area contributed by atoms with Gasteiger partial charge >= 0.3 is 0 Å². The second-order valence-corrected chi connectivity index (χ2v) is 5.21. The first-order valence-electron chi connectivity index (χ1n) is 6.62. The number of fused-ring (bicyclic) bond motifs is 1. The largest absolute Gasteiger partial charge is 0.341 e. The quantitative estimate of drug-likeness (QED) is 0.759. The van der Waals surface area contributed by atoms with Crippen LogP contribution in [0.4, 0.5) is 0 Å². The molecule has 0 radical (unpaired) electrons. The fraction of sp³-hybridized carbons (Fsp3) is 0.357. The average Bonchev–Trinajstić information content (AvgIpc) is 2.94. The van der Waals surface area contributed by atoms with Crippen LogP contribution in [0.5, 0.6) is 0 Å². The van der Waals surface area contributed by atoms with Crippen LogP contribution in [0.3, 0.4) is 0 Å². The molecule has 20 heavy (non-hydrogen) atoms. The predicted octanol–water partition coefficient (Wildman–Crippen LogP) is 1.93. The molecule has 6 heteroatoms. The van der Waals surface area contributed by atoms with Crippen LogP contribution in [-0.4, -0.2) is 37.1 Å². The highest BCUT2D eigenvalue weighted by atomic mass is 15.2. The van der Waals surface area contributed by atoms with E-state index in [4.69, 9.17) is 0 Å². The molecule has 1 aromatic carbocycles. The molecule has 0 bridgehead atoms. The van der Waals surface area contributed by atoms with Gasteiger partial charge in [-0.15, -0.1) is 0 Å². The van der Waals surface area contributed by atoms with Gasteiger partial charge in [-0.1, -0.05) is 6.07 Å². The summed E-state index contributed by atoms with van der Waals surface area (Å²) in [6.07, 6.45) is 0. The van der Waals surface area contributed by atoms with Gasteiger partial charge in [-0.3, -0.25) is 10.00 Å². The summed E-state index contributed by atoms with van der Waals surface area (Å²) in [5.74, 6) is 2.60. The first kappa shape index (κ1) is 12.8. The first-order chi connectivity index (χ1) is 9.60. The zero-order chi connectivity index (χ0) is 14.1. The van der Waals surface area contributed by atoms with Gasteiger partial charge in [0.25, 0.3) is 0 Å². The van der Waals surface area contributed by atoms with Crippen LogP contribution in [0.25, 0.3) is 11.0 Å². The maximum Gasteiger partial charge on any atom is 0.164 e. The van der Waals surface area contributed by atoms with Crippen molar-refractivity contribution in [3.63, 3.8) is 0 Å². The summed E-state index contributed by atoms with van der Waals surface area (Å²) >= 11 is 0. The van der Waals surface area contributed by atoms with Crippen LogP contribution >= 0.6 is 0 Å². The number of H-pyrrole nitrogens is 2. The molecule has 0 aliphatic carbocycles. The molecule has 0 saturated carbocycles. The summed E-state index contributed by atoms with van der Waals surface area (Å²) in [5, 5.41) is 7.00. The third-order valence-electron chi connectivity index (χ3n) is 3.16. The fourth-order valence-corrected chi connectivity index (χ4v) is 2.26. The van der Waals surface area contributed by atoms with Crippen LogP contribution in [0.2, 0.25) is 0 Å². The van der Waals surface area contributed by atoms with E-state index in [2.05, 4.69) is 49.1 Å². The Labute approximate surface area is 117 Å². The minimum absolute atomic E-state index is 0.695. The number of rotatable bonds is 4. The van der Waals surface area contributed by atoms with Crippen molar-refractivity contribution in [1.29, 1.82) is 0 Å². The van der Waals surface area contributed by atoms with Crippen molar-refractivity contribution in [3.8, 4) is 0 Å². The number of imidazole rings is 1. The number of aryl methyl sites for hydroxylation is 2. The Kier molecular flexibility index (Phi) is 3.23. The van der Waals surface area contributed by atoms with Gasteiger partial charge in [-0.2, -0.15) is 5.10 Å². The van der Waals surface area contributed by atoms with Gasteiger partial charge in [0.2, 0.25) is 0 Å². The lowest BCUT2D eigenvalue weighted by Gasteiger charge is -2.12. The summed E-state index contributed by atoms with van der Waals surface area (Å²) in [5.41, 5.74) is 3.33. The van der Waals surface area contributed by atoms with Crippen molar-refractivity contribution in [2.24, 2.45) is 0 Å². The van der Waals surface area contributed by atoms with E-state index in [-0.39, 0.29) is 0 Å². The normalized spacial score (nSPS) is 11.6. The molecule has 0 unspecified atom stereocenters. The molecule has 0 aliphatic rings. The van der Waals surface area contributed by atoms with Crippen LogP contribution < -0.4 is 0 Å². The standard InChI is InChI=1S/C14H18N6/c1-9-4-5-11-12(6-9)17-13(16-11)7-20(3)8-14-15-10(2)18-19-14/h4-6H,7-8H2,1-3H3,(H,16,17)(H,15,18,19). The third-order valence-corrected chi connectivity index (χ3v) is 3.16. The number of nitrogens with one attached hydrogen (secondary N) is 2. The van der Waals surface area contributed by atoms with Gasteiger partial charge < -0.3 is 4.98 Å². The van der Waals surface area contributed by atoms with Crippen LogP contribution in [0, 0.1) is 13.8 Å². The Hall–Kier alpha value is -2.21. The summed E-state index contributed by atoms with van der Waals surface area (Å²) in [7, 11) is 2.03. The Balaban J connectivity index is 1.72. The van der Waals surface area contributed by atoms with Gasteiger partial charge in [-0.25, -0.2) is 9.97 Å². The molecule has 3 rings (SSSR count). The number of aromatic nitrogens is 5. The molecular weight excluding hydrogens is 252 g/mol. The molecule has 0 spiro atoms. The molecule has 0 fully saturated rings. The molecule has 0 amide bonds. The molecule has 0 aliphatic heterocycles. The highest BCUT2D eigenvalue weighted by Gasteiger charge is 2.09. The number of nitrogens with zero attached hydrogens (tertiary/aromatic N) is 4. The van der Waals surface area contributed by atoms with Crippen molar-refractivity contribution in [3.05, 3.63) is 41.2 Å². The zero-order valence-electron chi connectivity index (χ0n) is 11.9. The maximum absolute atomic E-state index is 4.59. The second kappa shape index (κ2) is 5.05. The van der Waals surface area contributed by atoms with Gasteiger partial charge in [0.15, 0.2) is 5.82 Å². The van der Waals surface area contributed by atoms with E-state index < -0.39 is 0 Å². The SMILES string of the molecule is Cc1ccc2nc(CN(C)Cc3n[nH]c(C)n3)[nH]c2c1. The minimum Gasteiger partial charge on any atom is -0.341 e. The molecule has 6 nitrogen and oxygen atoms in total. The van der Waals surface area contributed by atoms with Crippen molar-refractivity contribution in [2.45, 2.75) is 26.9 Å². The molecular formula is C14H18N6. The molecule has 0 saturated heterocycles. The van der Waals surface area contributed by atoms with Crippen molar-refractivity contribution >= 4 is 11.0 Å². The van der Waals surface area contributed by atoms with Crippen molar-refractivity contribution in [2.75, 3.05) is 7.05 Å². The Bertz CT molecular complexity index is 726. The van der Waals surface area contributed by atoms with E-state index in [1.54, 1.807) is 0 Å². The monoisotopic (exact) mass is 270 g/mol. The molecule has 3 aromatic rings. The van der Waals surface area contributed by atoms with E-state index >= 15 is 0 Å². The number of aromatic amines is 2. The fourth-order valence-electron chi connectivity index (χ4n) is 2.26. The van der Waals surface area contributed by atoms with Crippen LogP contribution in [0.1, 0.15) is 23.0 Å². The Morgan fingerprint density at radius 1 is 1.15 bits per heavy atom. The Morgan fingerprint density at radius 2 is 2.00 bits per heavy atom. The molecule has 0 atom stereocenters. The van der Waals surface area contributed by atoms with Gasteiger partial charge in [0.1, 0.15) is 11.6 Å². The Morgan fingerprint density at radius 3 is 2.75 bits per heavy atom. The average molecular weight is 270 g/mol. The molecule has 2 heterocycles. The third kappa shape index (κ3) is 2.70. The molecule has 2 N–H and O–H groups in total. The predicted molar refractivity (Wildman–Crippen MR) is 77.1 cm³/mol. The first-order valence-corrected chi connectivity index (χ1v) is 6.62. The topological polar surface area (TPSA) is 73.5 Å². The highest BCUT2D eigenvalue weighted by Crippen LogP contribution is 2.14. The minimum atomic E-state index is 0.695. The number of benzene rings is 1. The van der Waals surface area contributed by atoms with E-state index in [1.165, 1.54) is 5.56 Å². The van der Waals surface area contributed by atoms with Crippen molar-refractivity contribution < 1.29 is 0 Å². The second-order valence-electron chi connectivity index (χ2n) is 5.21. The lowest BCUT2D eigenvalue weighted by atomic mass is 10.2. The highest BCUT2D eigenvalue weighted by molar-refractivity contribution is 5.75. The van der Waals surface area contributed by atoms with Crippen LogP contribution in [0.15, 0.2) is 18.2 Å². The van der Waals surface area contributed by atoms with Gasteiger partial charge in [0.05, 0.1) is 24.1 Å². The zero-order valence-corrected chi connectivity index (χ0v) is 11.9. The van der Waals surface area contributed by atoms with E-state index in [0.717, 1.165) is 35.1 Å². The van der Waals surface area contributed by atoms with E-state index in [9.17, 15) is 0 Å². The molecule has 2 aromatic heterocycles. The van der Waals surface area contributed by atoms with Gasteiger partial charge in [0, 0.05) is 0 Å². The summed E-state index contributed by atoms with van der Waals surface area (Å²) in [4.78, 5) is 14.4. The van der Waals surface area contributed by atoms with Crippen LogP contribution in [-0.2, 0) is 13.1 Å². The van der Waals surface area contributed by atoms with Gasteiger partial charge in [-0.05, 0) is 38.6 Å². The lowest BCUT2D eigenvalue weighted by molar-refractivity contribution is 0.304. The van der Waals surface area contributed by atoms with E-state index in [0.29, 0.717) is 6.54 Å². The summed E-state index contributed by atoms with van der Waals surface area (Å²) in [6, 6.07) is 6.24. The molecule has 104 valence electrons. The lowest BCUT2D eigenvalue weighted by Crippen LogP contribution is -2.18. The number of hydrogen-bond acceptors (Lipinski definition) is 4. The number of hydrogen-bond donors (Lipinski definition) is 2.